The van der Waals surface area contributed by atoms with E-state index in [1.165, 1.54) is 4.31 Å². The summed E-state index contributed by atoms with van der Waals surface area (Å²) < 4.78 is 28.5. The molecule has 1 aliphatic rings. The molecule has 5 rings (SSSR count). The van der Waals surface area contributed by atoms with Gasteiger partial charge >= 0.3 is 0 Å². The fourth-order valence-corrected chi connectivity index (χ4v) is 4.72. The van der Waals surface area contributed by atoms with Gasteiger partial charge in [-0.3, -0.25) is 0 Å². The summed E-state index contributed by atoms with van der Waals surface area (Å²) in [5.74, 6) is 0.368. The van der Waals surface area contributed by atoms with Gasteiger partial charge in [-0.2, -0.15) is 4.31 Å². The van der Waals surface area contributed by atoms with Crippen LogP contribution in [0.25, 0.3) is 22.4 Å². The lowest BCUT2D eigenvalue weighted by atomic mass is 10.0. The quantitative estimate of drug-likeness (QED) is 0.496. The Bertz CT molecular complexity index is 1330. The summed E-state index contributed by atoms with van der Waals surface area (Å²) >= 11 is 0. The molecule has 0 aliphatic carbocycles. The first-order valence-corrected chi connectivity index (χ1v) is 11.4. The molecule has 5 heterocycles. The molecule has 156 valence electrons. The highest BCUT2D eigenvalue weighted by atomic mass is 32.2. The van der Waals surface area contributed by atoms with Crippen molar-refractivity contribution in [3.8, 4) is 11.3 Å². The lowest BCUT2D eigenvalue weighted by Crippen LogP contribution is -2.51. The smallest absolute Gasteiger partial charge is 0.241 e. The SMILES string of the molecule is CS(=O)(=O)N1CC[C@@H](Nc2ncc3ccc(-c4cccn5ccnc45)n3n2)[C@H](O)C1. The van der Waals surface area contributed by atoms with Crippen LogP contribution in [0.2, 0.25) is 0 Å². The zero-order valence-corrected chi connectivity index (χ0v) is 17.1. The highest BCUT2D eigenvalue weighted by Gasteiger charge is 2.32. The standard InChI is InChI=1S/C19H21N7O3S/c1-30(28,29)25-9-6-15(17(27)12-25)22-19-21-11-13-4-5-16(26(13)23-19)14-3-2-8-24-10-7-20-18(14)24/h2-5,7-8,10-11,15,17,27H,6,9,12H2,1H3,(H,22,23)/t15-,17-/m1/s1. The minimum Gasteiger partial charge on any atom is -0.390 e. The summed E-state index contributed by atoms with van der Waals surface area (Å²) in [7, 11) is -3.32. The van der Waals surface area contributed by atoms with E-state index in [-0.39, 0.29) is 12.6 Å². The van der Waals surface area contributed by atoms with Crippen molar-refractivity contribution in [2.75, 3.05) is 24.7 Å². The second-order valence-corrected chi connectivity index (χ2v) is 9.43. The van der Waals surface area contributed by atoms with Crippen molar-refractivity contribution in [3.63, 3.8) is 0 Å². The number of anilines is 1. The molecule has 0 bridgehead atoms. The molecule has 0 unspecified atom stereocenters. The van der Waals surface area contributed by atoms with E-state index in [9.17, 15) is 13.5 Å². The molecular formula is C19H21N7O3S. The van der Waals surface area contributed by atoms with Crippen LogP contribution in [0.3, 0.4) is 0 Å². The maximum atomic E-state index is 11.7. The molecule has 30 heavy (non-hydrogen) atoms. The Morgan fingerprint density at radius 1 is 1.20 bits per heavy atom. The van der Waals surface area contributed by atoms with Gasteiger partial charge in [0.2, 0.25) is 16.0 Å². The van der Waals surface area contributed by atoms with Crippen molar-refractivity contribution in [3.05, 3.63) is 49.1 Å². The Balaban J connectivity index is 1.45. The zero-order chi connectivity index (χ0) is 20.9. The van der Waals surface area contributed by atoms with Crippen LogP contribution in [-0.4, -0.2) is 73.3 Å². The number of nitrogens with one attached hydrogen (secondary N) is 1. The molecule has 1 fully saturated rings. The van der Waals surface area contributed by atoms with E-state index >= 15 is 0 Å². The van der Waals surface area contributed by atoms with Crippen molar-refractivity contribution in [2.45, 2.75) is 18.6 Å². The fourth-order valence-electron chi connectivity index (χ4n) is 3.86. The third-order valence-electron chi connectivity index (χ3n) is 5.42. The van der Waals surface area contributed by atoms with Crippen LogP contribution in [0, 0.1) is 0 Å². The number of imidazole rings is 1. The normalized spacial score (nSPS) is 20.7. The molecule has 4 aromatic rings. The molecule has 0 spiro atoms. The first kappa shape index (κ1) is 19.0. The summed E-state index contributed by atoms with van der Waals surface area (Å²) in [4.78, 5) is 8.79. The molecule has 0 amide bonds. The fraction of sp³-hybridized carbons (Fsp3) is 0.316. The number of rotatable bonds is 4. The first-order chi connectivity index (χ1) is 14.4. The average molecular weight is 427 g/mol. The number of aliphatic hydroxyl groups is 1. The van der Waals surface area contributed by atoms with Crippen molar-refractivity contribution in [2.24, 2.45) is 0 Å². The molecule has 0 radical (unpaired) electrons. The topological polar surface area (TPSA) is 117 Å². The maximum Gasteiger partial charge on any atom is 0.241 e. The number of pyridine rings is 1. The number of hydrogen-bond donors (Lipinski definition) is 2. The third kappa shape index (κ3) is 3.30. The van der Waals surface area contributed by atoms with Crippen LogP contribution in [0.4, 0.5) is 5.95 Å². The Kier molecular flexibility index (Phi) is 4.45. The molecule has 2 N–H and O–H groups in total. The first-order valence-electron chi connectivity index (χ1n) is 9.57. The van der Waals surface area contributed by atoms with E-state index in [4.69, 9.17) is 0 Å². The van der Waals surface area contributed by atoms with Crippen molar-refractivity contribution >= 4 is 27.1 Å². The summed E-state index contributed by atoms with van der Waals surface area (Å²) in [6.45, 7) is 0.391. The largest absolute Gasteiger partial charge is 0.390 e. The predicted molar refractivity (Wildman–Crippen MR) is 112 cm³/mol. The lowest BCUT2D eigenvalue weighted by molar-refractivity contribution is 0.0950. The van der Waals surface area contributed by atoms with Crippen LogP contribution < -0.4 is 5.32 Å². The number of piperidine rings is 1. The molecule has 11 heteroatoms. The van der Waals surface area contributed by atoms with E-state index in [1.54, 1.807) is 16.9 Å². The molecular weight excluding hydrogens is 406 g/mol. The van der Waals surface area contributed by atoms with Gasteiger partial charge in [-0.1, -0.05) is 0 Å². The van der Waals surface area contributed by atoms with Crippen LogP contribution in [0.5, 0.6) is 0 Å². The molecule has 4 aromatic heterocycles. The number of sulfonamides is 1. The molecule has 0 saturated carbocycles. The molecule has 10 nitrogen and oxygen atoms in total. The zero-order valence-electron chi connectivity index (χ0n) is 16.3. The Morgan fingerprint density at radius 2 is 2.07 bits per heavy atom. The number of fused-ring (bicyclic) bond motifs is 2. The van der Waals surface area contributed by atoms with Gasteiger partial charge in [-0.15, -0.1) is 5.10 Å². The second kappa shape index (κ2) is 7.04. The van der Waals surface area contributed by atoms with Gasteiger partial charge in [0.15, 0.2) is 0 Å². The summed E-state index contributed by atoms with van der Waals surface area (Å²) in [6.07, 6.45) is 8.05. The molecule has 2 atom stereocenters. The summed E-state index contributed by atoms with van der Waals surface area (Å²) in [6, 6.07) is 7.51. The van der Waals surface area contributed by atoms with Gasteiger partial charge in [0.1, 0.15) is 5.65 Å². The van der Waals surface area contributed by atoms with Crippen LogP contribution in [0.15, 0.2) is 49.1 Å². The van der Waals surface area contributed by atoms with E-state index < -0.39 is 16.1 Å². The minimum atomic E-state index is -3.32. The van der Waals surface area contributed by atoms with Gasteiger partial charge in [0.25, 0.3) is 0 Å². The van der Waals surface area contributed by atoms with Gasteiger partial charge in [0, 0.05) is 37.2 Å². The number of aliphatic hydroxyl groups excluding tert-OH is 1. The van der Waals surface area contributed by atoms with Gasteiger partial charge in [-0.05, 0) is 30.7 Å². The van der Waals surface area contributed by atoms with Crippen LogP contribution in [0.1, 0.15) is 6.42 Å². The number of β-amino-alcohol motifs (C(OH)–C–C–N with tert-alkyl or cyclic N) is 1. The predicted octanol–water partition coefficient (Wildman–Crippen LogP) is 0.851. The number of hydrogen-bond acceptors (Lipinski definition) is 7. The lowest BCUT2D eigenvalue weighted by Gasteiger charge is -2.34. The molecule has 1 aliphatic heterocycles. The summed E-state index contributed by atoms with van der Waals surface area (Å²) in [5, 5.41) is 18.2. The molecule has 0 aromatic carbocycles. The highest BCUT2D eigenvalue weighted by Crippen LogP contribution is 2.26. The van der Waals surface area contributed by atoms with Crippen molar-refractivity contribution in [1.29, 1.82) is 0 Å². The van der Waals surface area contributed by atoms with Crippen LogP contribution >= 0.6 is 0 Å². The average Bonchev–Trinajstić information content (AvgIpc) is 3.35. The van der Waals surface area contributed by atoms with E-state index in [0.717, 1.165) is 28.7 Å². The minimum absolute atomic E-state index is 0.0510. The van der Waals surface area contributed by atoms with E-state index in [0.29, 0.717) is 18.9 Å². The number of aromatic nitrogens is 5. The van der Waals surface area contributed by atoms with E-state index in [2.05, 4.69) is 20.4 Å². The van der Waals surface area contributed by atoms with Crippen molar-refractivity contribution in [1.82, 2.24) is 28.3 Å². The van der Waals surface area contributed by atoms with E-state index in [1.807, 2.05) is 41.1 Å². The van der Waals surface area contributed by atoms with Gasteiger partial charge in [0.05, 0.1) is 35.8 Å². The Morgan fingerprint density at radius 3 is 2.87 bits per heavy atom. The van der Waals surface area contributed by atoms with Crippen molar-refractivity contribution < 1.29 is 13.5 Å². The second-order valence-electron chi connectivity index (χ2n) is 7.44. The summed E-state index contributed by atoms with van der Waals surface area (Å²) in [5.41, 5.74) is 3.47. The third-order valence-corrected chi connectivity index (χ3v) is 6.69. The van der Waals surface area contributed by atoms with Gasteiger partial charge in [-0.25, -0.2) is 22.9 Å². The van der Waals surface area contributed by atoms with Gasteiger partial charge < -0.3 is 14.8 Å². The Hall–Kier alpha value is -3.02. The van der Waals surface area contributed by atoms with Crippen LogP contribution in [-0.2, 0) is 10.0 Å². The molecule has 1 saturated heterocycles. The number of nitrogens with zero attached hydrogens (tertiary/aromatic N) is 6. The highest BCUT2D eigenvalue weighted by molar-refractivity contribution is 7.88. The Labute approximate surface area is 172 Å². The monoisotopic (exact) mass is 427 g/mol. The maximum absolute atomic E-state index is 11.7.